The molecule has 2 fully saturated rings. The summed E-state index contributed by atoms with van der Waals surface area (Å²) in [4.78, 5) is 40.2. The van der Waals surface area contributed by atoms with Crippen molar-refractivity contribution in [2.45, 2.75) is 51.9 Å². The lowest BCUT2D eigenvalue weighted by Gasteiger charge is -2.31. The molecule has 0 spiro atoms. The zero-order valence-corrected chi connectivity index (χ0v) is 19.7. The number of anilines is 3. The summed E-state index contributed by atoms with van der Waals surface area (Å²) < 4.78 is 0. The molecule has 0 aromatic heterocycles. The Bertz CT molecular complexity index is 1060. The molecule has 1 saturated carbocycles. The zero-order valence-electron chi connectivity index (χ0n) is 19.7. The minimum atomic E-state index is -0.918. The first-order chi connectivity index (χ1) is 16.4. The molecule has 2 aliphatic rings. The number of piperidine rings is 1. The van der Waals surface area contributed by atoms with Crippen LogP contribution in [0.25, 0.3) is 0 Å². The predicted molar refractivity (Wildman–Crippen MR) is 133 cm³/mol. The molecule has 34 heavy (non-hydrogen) atoms. The SMILES string of the molecule is Cc1cccc(NC(=O)c2cc(NC(=O)[C@H]3CCCC[C@@H]3C(=O)O)ccc2N2CCCCC2)c1. The molecule has 1 aliphatic carbocycles. The minimum Gasteiger partial charge on any atom is -0.481 e. The number of amides is 2. The molecule has 4 rings (SSSR count). The van der Waals surface area contributed by atoms with E-state index in [1.807, 2.05) is 43.3 Å². The van der Waals surface area contributed by atoms with E-state index < -0.39 is 17.8 Å². The van der Waals surface area contributed by atoms with Crippen LogP contribution in [0.1, 0.15) is 60.9 Å². The van der Waals surface area contributed by atoms with Gasteiger partial charge in [-0.1, -0.05) is 25.0 Å². The molecule has 1 aliphatic heterocycles. The van der Waals surface area contributed by atoms with Crippen molar-refractivity contribution in [3.05, 3.63) is 53.6 Å². The number of hydrogen-bond donors (Lipinski definition) is 3. The predicted octanol–water partition coefficient (Wildman–Crippen LogP) is 5.07. The topological polar surface area (TPSA) is 98.7 Å². The summed E-state index contributed by atoms with van der Waals surface area (Å²) in [5, 5.41) is 15.4. The number of hydrogen-bond acceptors (Lipinski definition) is 4. The fourth-order valence-electron chi connectivity index (χ4n) is 5.10. The lowest BCUT2D eigenvalue weighted by Crippen LogP contribution is -2.36. The van der Waals surface area contributed by atoms with Gasteiger partial charge < -0.3 is 20.6 Å². The average molecular weight is 464 g/mol. The fourth-order valence-corrected chi connectivity index (χ4v) is 5.10. The fraction of sp³-hybridized carbons (Fsp3) is 0.444. The number of nitrogens with one attached hydrogen (secondary N) is 2. The smallest absolute Gasteiger partial charge is 0.307 e. The third-order valence-electron chi connectivity index (χ3n) is 6.90. The highest BCUT2D eigenvalue weighted by atomic mass is 16.4. The second kappa shape index (κ2) is 10.7. The third kappa shape index (κ3) is 5.58. The number of aliphatic carboxylic acids is 1. The van der Waals surface area contributed by atoms with Crippen LogP contribution in [-0.4, -0.2) is 36.0 Å². The summed E-state index contributed by atoms with van der Waals surface area (Å²) in [5.74, 6) is -2.66. The number of carboxylic acids is 1. The molecule has 180 valence electrons. The van der Waals surface area contributed by atoms with E-state index in [0.29, 0.717) is 24.1 Å². The summed E-state index contributed by atoms with van der Waals surface area (Å²) in [6, 6.07) is 13.1. The van der Waals surface area contributed by atoms with E-state index in [9.17, 15) is 19.5 Å². The van der Waals surface area contributed by atoms with Crippen molar-refractivity contribution in [1.82, 2.24) is 0 Å². The Hall–Kier alpha value is -3.35. The number of rotatable bonds is 6. The summed E-state index contributed by atoms with van der Waals surface area (Å²) in [6.45, 7) is 3.75. The number of benzene rings is 2. The highest BCUT2D eigenvalue weighted by molar-refractivity contribution is 6.09. The highest BCUT2D eigenvalue weighted by Crippen LogP contribution is 2.33. The molecule has 2 amide bonds. The summed E-state index contributed by atoms with van der Waals surface area (Å²) in [7, 11) is 0. The summed E-state index contributed by atoms with van der Waals surface area (Å²) in [5.41, 5.74) is 3.63. The highest BCUT2D eigenvalue weighted by Gasteiger charge is 2.35. The standard InChI is InChI=1S/C27H33N3O4/c1-18-8-7-9-19(16-18)28-26(32)23-17-20(12-13-24(23)30-14-5-2-6-15-30)29-25(31)21-10-3-4-11-22(21)27(33)34/h7-9,12-13,16-17,21-22H,2-6,10-11,14-15H2,1H3,(H,28,32)(H,29,31)(H,33,34)/t21-,22-/m0/s1. The molecule has 2 aromatic carbocycles. The van der Waals surface area contributed by atoms with Crippen LogP contribution in [0, 0.1) is 18.8 Å². The Kier molecular flexibility index (Phi) is 7.50. The molecule has 0 unspecified atom stereocenters. The van der Waals surface area contributed by atoms with Crippen molar-refractivity contribution in [3.63, 3.8) is 0 Å². The molecule has 2 aromatic rings. The van der Waals surface area contributed by atoms with Crippen LogP contribution >= 0.6 is 0 Å². The van der Waals surface area contributed by atoms with Crippen LogP contribution in [0.5, 0.6) is 0 Å². The molecule has 2 atom stereocenters. The van der Waals surface area contributed by atoms with Crippen molar-refractivity contribution in [2.24, 2.45) is 11.8 Å². The van der Waals surface area contributed by atoms with Gasteiger partial charge in [0, 0.05) is 30.2 Å². The first-order valence-electron chi connectivity index (χ1n) is 12.2. The largest absolute Gasteiger partial charge is 0.481 e. The van der Waals surface area contributed by atoms with Crippen LogP contribution in [0.3, 0.4) is 0 Å². The van der Waals surface area contributed by atoms with Gasteiger partial charge >= 0.3 is 5.97 Å². The second-order valence-electron chi connectivity index (χ2n) is 9.43. The first kappa shape index (κ1) is 23.8. The van der Waals surface area contributed by atoms with Crippen LogP contribution in [0.4, 0.5) is 17.1 Å². The number of aryl methyl sites for hydroxylation is 1. The van der Waals surface area contributed by atoms with E-state index in [1.165, 1.54) is 6.42 Å². The molecular weight excluding hydrogens is 430 g/mol. The van der Waals surface area contributed by atoms with Gasteiger partial charge in [0.2, 0.25) is 5.91 Å². The molecular formula is C27H33N3O4. The maximum atomic E-state index is 13.3. The Balaban J connectivity index is 1.59. The average Bonchev–Trinajstić information content (AvgIpc) is 2.84. The maximum absolute atomic E-state index is 13.3. The van der Waals surface area contributed by atoms with E-state index in [-0.39, 0.29) is 11.8 Å². The third-order valence-corrected chi connectivity index (χ3v) is 6.90. The normalized spacial score (nSPS) is 20.4. The van der Waals surface area contributed by atoms with Crippen LogP contribution < -0.4 is 15.5 Å². The number of carboxylic acid groups (broad SMARTS) is 1. The Morgan fingerprint density at radius 3 is 2.26 bits per heavy atom. The van der Waals surface area contributed by atoms with Crippen molar-refractivity contribution in [2.75, 3.05) is 28.6 Å². The number of carbonyl (C=O) groups excluding carboxylic acids is 2. The maximum Gasteiger partial charge on any atom is 0.307 e. The molecule has 0 radical (unpaired) electrons. The molecule has 1 heterocycles. The van der Waals surface area contributed by atoms with E-state index in [1.54, 1.807) is 6.07 Å². The molecule has 7 nitrogen and oxygen atoms in total. The quantitative estimate of drug-likeness (QED) is 0.556. The molecule has 3 N–H and O–H groups in total. The van der Waals surface area contributed by atoms with Gasteiger partial charge in [-0.25, -0.2) is 0 Å². The van der Waals surface area contributed by atoms with E-state index >= 15 is 0 Å². The summed E-state index contributed by atoms with van der Waals surface area (Å²) in [6.07, 6.45) is 6.10. The van der Waals surface area contributed by atoms with E-state index in [2.05, 4.69) is 15.5 Å². The minimum absolute atomic E-state index is 0.233. The second-order valence-corrected chi connectivity index (χ2v) is 9.43. The van der Waals surface area contributed by atoms with E-state index in [0.717, 1.165) is 55.7 Å². The van der Waals surface area contributed by atoms with Gasteiger partial charge in [0.1, 0.15) is 0 Å². The van der Waals surface area contributed by atoms with Crippen molar-refractivity contribution in [1.29, 1.82) is 0 Å². The molecule has 0 bridgehead atoms. The Morgan fingerprint density at radius 1 is 0.853 bits per heavy atom. The van der Waals surface area contributed by atoms with Crippen LogP contribution in [0.15, 0.2) is 42.5 Å². The van der Waals surface area contributed by atoms with Crippen LogP contribution in [-0.2, 0) is 9.59 Å². The Morgan fingerprint density at radius 2 is 1.56 bits per heavy atom. The van der Waals surface area contributed by atoms with Gasteiger partial charge in [-0.3, -0.25) is 14.4 Å². The van der Waals surface area contributed by atoms with Gasteiger partial charge in [-0.15, -0.1) is 0 Å². The molecule has 1 saturated heterocycles. The van der Waals surface area contributed by atoms with Gasteiger partial charge in [0.15, 0.2) is 0 Å². The summed E-state index contributed by atoms with van der Waals surface area (Å²) >= 11 is 0. The Labute approximate surface area is 200 Å². The molecule has 7 heteroatoms. The monoisotopic (exact) mass is 463 g/mol. The van der Waals surface area contributed by atoms with Crippen molar-refractivity contribution >= 4 is 34.8 Å². The lowest BCUT2D eigenvalue weighted by atomic mass is 9.78. The van der Waals surface area contributed by atoms with E-state index in [4.69, 9.17) is 0 Å². The number of carbonyl (C=O) groups is 3. The van der Waals surface area contributed by atoms with Gasteiger partial charge in [0.25, 0.3) is 5.91 Å². The van der Waals surface area contributed by atoms with Gasteiger partial charge in [-0.05, 0) is 74.9 Å². The van der Waals surface area contributed by atoms with Crippen LogP contribution in [0.2, 0.25) is 0 Å². The zero-order chi connectivity index (χ0) is 24.1. The first-order valence-corrected chi connectivity index (χ1v) is 12.2. The van der Waals surface area contributed by atoms with Crippen molar-refractivity contribution in [3.8, 4) is 0 Å². The lowest BCUT2D eigenvalue weighted by molar-refractivity contribution is -0.147. The van der Waals surface area contributed by atoms with Gasteiger partial charge in [0.05, 0.1) is 17.4 Å². The number of nitrogens with zero attached hydrogens (tertiary/aromatic N) is 1. The van der Waals surface area contributed by atoms with Gasteiger partial charge in [-0.2, -0.15) is 0 Å². The van der Waals surface area contributed by atoms with Crippen molar-refractivity contribution < 1.29 is 19.5 Å².